The Morgan fingerprint density at radius 2 is 2.06 bits per heavy atom. The molecule has 0 aromatic heterocycles. The summed E-state index contributed by atoms with van der Waals surface area (Å²) < 4.78 is 30.1. The SMILES string of the molecule is COc1cc(C(=O)C(C)N)c(O)c(C(F)F)c1. The maximum Gasteiger partial charge on any atom is 0.267 e. The Morgan fingerprint density at radius 3 is 2.47 bits per heavy atom. The van der Waals surface area contributed by atoms with Crippen LogP contribution in [0.3, 0.4) is 0 Å². The Kier molecular flexibility index (Phi) is 4.01. The van der Waals surface area contributed by atoms with Gasteiger partial charge in [0.1, 0.15) is 11.5 Å². The number of alkyl halides is 2. The molecule has 0 saturated carbocycles. The van der Waals surface area contributed by atoms with Gasteiger partial charge in [-0.1, -0.05) is 0 Å². The Labute approximate surface area is 97.0 Å². The van der Waals surface area contributed by atoms with Crippen LogP contribution in [0.1, 0.15) is 29.3 Å². The molecule has 0 saturated heterocycles. The number of phenols is 1. The lowest BCUT2D eigenvalue weighted by molar-refractivity contribution is 0.0963. The summed E-state index contributed by atoms with van der Waals surface area (Å²) >= 11 is 0. The summed E-state index contributed by atoms with van der Waals surface area (Å²) in [7, 11) is 1.28. The number of aromatic hydroxyl groups is 1. The van der Waals surface area contributed by atoms with Gasteiger partial charge in [0.05, 0.1) is 24.3 Å². The van der Waals surface area contributed by atoms with Crippen LogP contribution in [0.25, 0.3) is 0 Å². The lowest BCUT2D eigenvalue weighted by Gasteiger charge is -2.12. The first-order valence-electron chi connectivity index (χ1n) is 4.87. The largest absolute Gasteiger partial charge is 0.507 e. The number of carbonyl (C=O) groups is 1. The third-order valence-electron chi connectivity index (χ3n) is 2.26. The number of carbonyl (C=O) groups excluding carboxylic acids is 1. The summed E-state index contributed by atoms with van der Waals surface area (Å²) in [5, 5.41) is 9.59. The molecule has 3 N–H and O–H groups in total. The molecule has 0 aliphatic rings. The summed E-state index contributed by atoms with van der Waals surface area (Å²) in [6.07, 6.45) is -2.90. The molecule has 0 radical (unpaired) electrons. The second-order valence-corrected chi connectivity index (χ2v) is 3.57. The summed E-state index contributed by atoms with van der Waals surface area (Å²) in [6.45, 7) is 1.41. The highest BCUT2D eigenvalue weighted by Gasteiger charge is 2.23. The van der Waals surface area contributed by atoms with Crippen molar-refractivity contribution in [1.82, 2.24) is 0 Å². The molecule has 1 aromatic carbocycles. The quantitative estimate of drug-likeness (QED) is 0.794. The van der Waals surface area contributed by atoms with Gasteiger partial charge in [0, 0.05) is 0 Å². The van der Waals surface area contributed by atoms with Gasteiger partial charge in [0.25, 0.3) is 6.43 Å². The van der Waals surface area contributed by atoms with E-state index in [2.05, 4.69) is 0 Å². The molecule has 1 atom stereocenters. The van der Waals surface area contributed by atoms with E-state index in [9.17, 15) is 18.7 Å². The van der Waals surface area contributed by atoms with Gasteiger partial charge in [-0.15, -0.1) is 0 Å². The summed E-state index contributed by atoms with van der Waals surface area (Å²) in [4.78, 5) is 11.6. The molecule has 0 amide bonds. The number of benzene rings is 1. The van der Waals surface area contributed by atoms with Crippen LogP contribution in [0, 0.1) is 0 Å². The summed E-state index contributed by atoms with van der Waals surface area (Å²) in [6, 6.07) is 1.28. The minimum Gasteiger partial charge on any atom is -0.507 e. The number of ketones is 1. The molecular weight excluding hydrogens is 232 g/mol. The van der Waals surface area contributed by atoms with Gasteiger partial charge in [-0.3, -0.25) is 4.79 Å². The van der Waals surface area contributed by atoms with Gasteiger partial charge in [0.15, 0.2) is 5.78 Å². The highest BCUT2D eigenvalue weighted by atomic mass is 19.3. The monoisotopic (exact) mass is 245 g/mol. The number of ether oxygens (including phenoxy) is 1. The maximum atomic E-state index is 12.6. The standard InChI is InChI=1S/C11H13F2NO3/c1-5(14)9(15)7-3-6(17-2)4-8(10(7)16)11(12)13/h3-5,11,16H,14H2,1-2H3. The Morgan fingerprint density at radius 1 is 1.47 bits per heavy atom. The van der Waals surface area contributed by atoms with E-state index in [1.807, 2.05) is 0 Å². The van der Waals surface area contributed by atoms with Gasteiger partial charge >= 0.3 is 0 Å². The molecule has 6 heteroatoms. The first-order valence-corrected chi connectivity index (χ1v) is 4.87. The molecule has 17 heavy (non-hydrogen) atoms. The molecule has 0 bridgehead atoms. The average molecular weight is 245 g/mol. The van der Waals surface area contributed by atoms with E-state index in [0.29, 0.717) is 0 Å². The second-order valence-electron chi connectivity index (χ2n) is 3.57. The second kappa shape index (κ2) is 5.09. The summed E-state index contributed by atoms with van der Waals surface area (Å²) in [5.74, 6) is -1.30. The predicted octanol–water partition coefficient (Wildman–Crippen LogP) is 1.87. The number of hydrogen-bond acceptors (Lipinski definition) is 4. The Balaban J connectivity index is 3.39. The van der Waals surface area contributed by atoms with Crippen molar-refractivity contribution in [3.8, 4) is 11.5 Å². The maximum absolute atomic E-state index is 12.6. The van der Waals surface area contributed by atoms with Crippen molar-refractivity contribution in [1.29, 1.82) is 0 Å². The van der Waals surface area contributed by atoms with Gasteiger partial charge < -0.3 is 15.6 Å². The van der Waals surface area contributed by atoms with E-state index in [1.54, 1.807) is 0 Å². The molecule has 0 heterocycles. The fourth-order valence-electron chi connectivity index (χ4n) is 1.35. The van der Waals surface area contributed by atoms with Crippen LogP contribution < -0.4 is 10.5 Å². The van der Waals surface area contributed by atoms with Crippen molar-refractivity contribution in [2.24, 2.45) is 5.73 Å². The van der Waals surface area contributed by atoms with E-state index in [-0.39, 0.29) is 11.3 Å². The molecule has 0 aliphatic heterocycles. The summed E-state index contributed by atoms with van der Waals surface area (Å²) in [5.41, 5.74) is 4.47. The van der Waals surface area contributed by atoms with Crippen molar-refractivity contribution in [2.45, 2.75) is 19.4 Å². The molecule has 1 rings (SSSR count). The third kappa shape index (κ3) is 2.71. The average Bonchev–Trinajstić information content (AvgIpc) is 2.27. The zero-order valence-electron chi connectivity index (χ0n) is 9.41. The van der Waals surface area contributed by atoms with Crippen LogP contribution in [-0.4, -0.2) is 24.0 Å². The minimum atomic E-state index is -2.90. The van der Waals surface area contributed by atoms with Crippen molar-refractivity contribution >= 4 is 5.78 Å². The minimum absolute atomic E-state index is 0.0714. The van der Waals surface area contributed by atoms with Crippen LogP contribution in [0.4, 0.5) is 8.78 Å². The molecule has 0 aliphatic carbocycles. The van der Waals surface area contributed by atoms with Gasteiger partial charge in [-0.25, -0.2) is 8.78 Å². The highest BCUT2D eigenvalue weighted by Crippen LogP contribution is 2.35. The van der Waals surface area contributed by atoms with E-state index >= 15 is 0 Å². The van der Waals surface area contributed by atoms with Crippen LogP contribution in [0.5, 0.6) is 11.5 Å². The van der Waals surface area contributed by atoms with Crippen molar-refractivity contribution in [3.05, 3.63) is 23.3 Å². The number of methoxy groups -OCH3 is 1. The van der Waals surface area contributed by atoms with Crippen molar-refractivity contribution < 1.29 is 23.4 Å². The Bertz CT molecular complexity index is 433. The van der Waals surface area contributed by atoms with Crippen molar-refractivity contribution in [3.63, 3.8) is 0 Å². The fourth-order valence-corrected chi connectivity index (χ4v) is 1.35. The normalized spacial score (nSPS) is 12.6. The first kappa shape index (κ1) is 13.4. The highest BCUT2D eigenvalue weighted by molar-refractivity contribution is 6.02. The zero-order chi connectivity index (χ0) is 13.2. The topological polar surface area (TPSA) is 72.5 Å². The van der Waals surface area contributed by atoms with E-state index < -0.39 is 29.6 Å². The van der Waals surface area contributed by atoms with Crippen LogP contribution in [-0.2, 0) is 0 Å². The molecule has 4 nitrogen and oxygen atoms in total. The van der Waals surface area contributed by atoms with E-state index in [1.165, 1.54) is 20.1 Å². The fraction of sp³-hybridized carbons (Fsp3) is 0.364. The number of nitrogens with two attached hydrogens (primary N) is 1. The number of Topliss-reactive ketones (excluding diaryl/α,β-unsaturated/α-hetero) is 1. The van der Waals surface area contributed by atoms with Gasteiger partial charge in [-0.2, -0.15) is 0 Å². The lowest BCUT2D eigenvalue weighted by Crippen LogP contribution is -2.26. The van der Waals surface area contributed by atoms with E-state index in [0.717, 1.165) is 6.07 Å². The van der Waals surface area contributed by atoms with Crippen LogP contribution in [0.15, 0.2) is 12.1 Å². The zero-order valence-corrected chi connectivity index (χ0v) is 9.41. The number of hydrogen-bond donors (Lipinski definition) is 2. The predicted molar refractivity (Wildman–Crippen MR) is 57.6 cm³/mol. The smallest absolute Gasteiger partial charge is 0.267 e. The molecule has 1 aromatic rings. The molecule has 1 unspecified atom stereocenters. The molecular formula is C11H13F2NO3. The van der Waals surface area contributed by atoms with Crippen LogP contribution in [0.2, 0.25) is 0 Å². The van der Waals surface area contributed by atoms with E-state index in [4.69, 9.17) is 10.5 Å². The Hall–Kier alpha value is -1.69. The molecule has 0 fully saturated rings. The number of phenolic OH excluding ortho intramolecular Hbond substituents is 1. The first-order chi connectivity index (χ1) is 7.88. The third-order valence-corrected chi connectivity index (χ3v) is 2.26. The van der Waals surface area contributed by atoms with Gasteiger partial charge in [-0.05, 0) is 19.1 Å². The number of halogens is 2. The van der Waals surface area contributed by atoms with Crippen LogP contribution >= 0.6 is 0 Å². The molecule has 0 spiro atoms. The van der Waals surface area contributed by atoms with Gasteiger partial charge in [0.2, 0.25) is 0 Å². The number of rotatable bonds is 4. The molecule has 94 valence electrons. The lowest BCUT2D eigenvalue weighted by atomic mass is 10.0. The van der Waals surface area contributed by atoms with Crippen molar-refractivity contribution in [2.75, 3.05) is 7.11 Å².